The van der Waals surface area contributed by atoms with Crippen LogP contribution in [0.3, 0.4) is 0 Å². The van der Waals surface area contributed by atoms with Gasteiger partial charge in [-0.25, -0.2) is 4.79 Å². The van der Waals surface area contributed by atoms with Crippen molar-refractivity contribution >= 4 is 24.1 Å². The van der Waals surface area contributed by atoms with Crippen molar-refractivity contribution in [1.82, 2.24) is 0 Å². The smallest absolute Gasteiger partial charge is 0.335 e. The molecule has 0 spiro atoms. The molecule has 1 aromatic rings. The molecule has 5 heteroatoms. The summed E-state index contributed by atoms with van der Waals surface area (Å²) in [5.41, 5.74) is 4.51. The summed E-state index contributed by atoms with van der Waals surface area (Å²) in [6.07, 6.45) is 0. The van der Waals surface area contributed by atoms with E-state index in [0.29, 0.717) is 0 Å². The zero-order chi connectivity index (χ0) is 10.7. The number of hydrogen-bond donors (Lipinski definition) is 3. The van der Waals surface area contributed by atoms with Crippen LogP contribution in [0.1, 0.15) is 35.7 Å². The first-order valence-corrected chi connectivity index (χ1v) is 4.40. The van der Waals surface area contributed by atoms with Gasteiger partial charge in [0.2, 0.25) is 0 Å². The van der Waals surface area contributed by atoms with Crippen molar-refractivity contribution in [3.63, 3.8) is 0 Å². The molecule has 84 valence electrons. The molecule has 0 aliphatic rings. The molecule has 0 aromatic heterocycles. The van der Waals surface area contributed by atoms with E-state index in [1.54, 1.807) is 12.1 Å². The monoisotopic (exact) mass is 230 g/mol. The average Bonchev–Trinajstić information content (AvgIpc) is 2.16. The van der Waals surface area contributed by atoms with Crippen LogP contribution in [-0.4, -0.2) is 11.1 Å². The van der Waals surface area contributed by atoms with Crippen LogP contribution in [0.15, 0.2) is 18.2 Å². The maximum Gasteiger partial charge on any atom is 0.335 e. The van der Waals surface area contributed by atoms with Gasteiger partial charge in [0.25, 0.3) is 0 Å². The number of halogens is 1. The van der Waals surface area contributed by atoms with Gasteiger partial charge in [-0.2, -0.15) is 0 Å². The van der Waals surface area contributed by atoms with E-state index in [1.807, 2.05) is 13.8 Å². The van der Waals surface area contributed by atoms with Crippen molar-refractivity contribution in [1.29, 1.82) is 0 Å². The van der Waals surface area contributed by atoms with Gasteiger partial charge in [0, 0.05) is 0 Å². The fourth-order valence-corrected chi connectivity index (χ4v) is 1.30. The van der Waals surface area contributed by atoms with Gasteiger partial charge in [-0.3, -0.25) is 5.84 Å². The van der Waals surface area contributed by atoms with Gasteiger partial charge in [0.15, 0.2) is 0 Å². The molecule has 4 nitrogen and oxygen atoms in total. The Morgan fingerprint density at radius 1 is 1.47 bits per heavy atom. The maximum absolute atomic E-state index is 10.7. The highest BCUT2D eigenvalue weighted by Crippen LogP contribution is 2.24. The quantitative estimate of drug-likeness (QED) is 0.550. The summed E-state index contributed by atoms with van der Waals surface area (Å²) in [7, 11) is 0. The fourth-order valence-electron chi connectivity index (χ4n) is 1.30. The Labute approximate surface area is 94.9 Å². The lowest BCUT2D eigenvalue weighted by Gasteiger charge is -2.12. The first-order valence-electron chi connectivity index (χ1n) is 4.40. The standard InChI is InChI=1S/C10H14N2O2.ClH/c1-6(2)8-5-7(10(13)14)3-4-9(8)12-11;/h3-6,12H,11H2,1-2H3,(H,13,14);1H. The van der Waals surface area contributed by atoms with E-state index < -0.39 is 5.97 Å². The molecule has 1 rings (SSSR count). The Morgan fingerprint density at radius 3 is 2.47 bits per heavy atom. The Balaban J connectivity index is 0.00000196. The average molecular weight is 231 g/mol. The summed E-state index contributed by atoms with van der Waals surface area (Å²) < 4.78 is 0. The molecule has 0 aliphatic heterocycles. The second kappa shape index (κ2) is 5.58. The minimum atomic E-state index is -0.921. The predicted octanol–water partition coefficient (Wildman–Crippen LogP) is 2.22. The summed E-state index contributed by atoms with van der Waals surface area (Å²) in [4.78, 5) is 10.7. The molecule has 0 atom stereocenters. The molecule has 0 fully saturated rings. The SMILES string of the molecule is CC(C)c1cc(C(=O)O)ccc1NN.Cl. The topological polar surface area (TPSA) is 75.3 Å². The Hall–Kier alpha value is -1.26. The fraction of sp³-hybridized carbons (Fsp3) is 0.300. The summed E-state index contributed by atoms with van der Waals surface area (Å²) in [5, 5.41) is 8.80. The highest BCUT2D eigenvalue weighted by atomic mass is 35.5. The van der Waals surface area contributed by atoms with Crippen LogP contribution in [0.5, 0.6) is 0 Å². The molecule has 0 amide bonds. The molecule has 0 aliphatic carbocycles. The number of anilines is 1. The van der Waals surface area contributed by atoms with E-state index in [-0.39, 0.29) is 23.9 Å². The molecule has 15 heavy (non-hydrogen) atoms. The molecular weight excluding hydrogens is 216 g/mol. The first kappa shape index (κ1) is 13.7. The van der Waals surface area contributed by atoms with Gasteiger partial charge in [-0.05, 0) is 29.7 Å². The molecule has 0 bridgehead atoms. The first-order chi connectivity index (χ1) is 6.56. The van der Waals surface area contributed by atoms with Crippen LogP contribution in [0, 0.1) is 0 Å². The molecule has 0 heterocycles. The molecule has 0 saturated carbocycles. The van der Waals surface area contributed by atoms with E-state index in [9.17, 15) is 4.79 Å². The van der Waals surface area contributed by atoms with Crippen LogP contribution in [0.4, 0.5) is 5.69 Å². The molecular formula is C10H15ClN2O2. The lowest BCUT2D eigenvalue weighted by atomic mass is 9.99. The summed E-state index contributed by atoms with van der Waals surface area (Å²) in [6.45, 7) is 3.98. The van der Waals surface area contributed by atoms with E-state index in [1.165, 1.54) is 6.07 Å². The van der Waals surface area contributed by atoms with Crippen molar-refractivity contribution in [2.75, 3.05) is 5.43 Å². The second-order valence-corrected chi connectivity index (χ2v) is 3.41. The number of nitrogen functional groups attached to an aromatic ring is 1. The Kier molecular flexibility index (Phi) is 5.11. The number of nitrogens with one attached hydrogen (secondary N) is 1. The number of carboxylic acids is 1. The predicted molar refractivity (Wildman–Crippen MR) is 62.5 cm³/mol. The van der Waals surface area contributed by atoms with E-state index in [0.717, 1.165) is 11.3 Å². The molecule has 0 radical (unpaired) electrons. The number of carbonyl (C=O) groups is 1. The van der Waals surface area contributed by atoms with E-state index >= 15 is 0 Å². The highest BCUT2D eigenvalue weighted by molar-refractivity contribution is 5.88. The van der Waals surface area contributed by atoms with Crippen LogP contribution < -0.4 is 11.3 Å². The van der Waals surface area contributed by atoms with Crippen molar-refractivity contribution in [3.8, 4) is 0 Å². The van der Waals surface area contributed by atoms with Gasteiger partial charge < -0.3 is 10.5 Å². The van der Waals surface area contributed by atoms with Gasteiger partial charge in [-0.15, -0.1) is 12.4 Å². The number of carboxylic acid groups (broad SMARTS) is 1. The van der Waals surface area contributed by atoms with Crippen LogP contribution >= 0.6 is 12.4 Å². The number of hydrogen-bond acceptors (Lipinski definition) is 3. The number of rotatable bonds is 3. The van der Waals surface area contributed by atoms with Crippen molar-refractivity contribution < 1.29 is 9.90 Å². The zero-order valence-corrected chi connectivity index (χ0v) is 9.47. The third-order valence-corrected chi connectivity index (χ3v) is 2.08. The van der Waals surface area contributed by atoms with Crippen molar-refractivity contribution in [3.05, 3.63) is 29.3 Å². The van der Waals surface area contributed by atoms with Crippen LogP contribution in [-0.2, 0) is 0 Å². The van der Waals surface area contributed by atoms with Gasteiger partial charge in [0.05, 0.1) is 11.3 Å². The summed E-state index contributed by atoms with van der Waals surface area (Å²) in [6, 6.07) is 4.85. The van der Waals surface area contributed by atoms with Gasteiger partial charge in [0.1, 0.15) is 0 Å². The van der Waals surface area contributed by atoms with E-state index in [2.05, 4.69) is 5.43 Å². The van der Waals surface area contributed by atoms with Crippen LogP contribution in [0.25, 0.3) is 0 Å². The lowest BCUT2D eigenvalue weighted by Crippen LogP contribution is -2.11. The van der Waals surface area contributed by atoms with Crippen molar-refractivity contribution in [2.45, 2.75) is 19.8 Å². The number of nitrogens with two attached hydrogens (primary N) is 1. The Bertz CT molecular complexity index is 353. The zero-order valence-electron chi connectivity index (χ0n) is 8.65. The minimum Gasteiger partial charge on any atom is -0.478 e. The second-order valence-electron chi connectivity index (χ2n) is 3.41. The number of aromatic carboxylic acids is 1. The molecule has 0 saturated heterocycles. The third kappa shape index (κ3) is 3.11. The highest BCUT2D eigenvalue weighted by Gasteiger charge is 2.10. The Morgan fingerprint density at radius 2 is 2.07 bits per heavy atom. The summed E-state index contributed by atoms with van der Waals surface area (Å²) >= 11 is 0. The molecule has 4 N–H and O–H groups in total. The van der Waals surface area contributed by atoms with Crippen molar-refractivity contribution in [2.24, 2.45) is 5.84 Å². The maximum atomic E-state index is 10.7. The van der Waals surface area contributed by atoms with Crippen LogP contribution in [0.2, 0.25) is 0 Å². The third-order valence-electron chi connectivity index (χ3n) is 2.08. The molecule has 0 unspecified atom stereocenters. The number of hydrazine groups is 1. The molecule has 1 aromatic carbocycles. The summed E-state index contributed by atoms with van der Waals surface area (Å²) in [5.74, 6) is 4.63. The van der Waals surface area contributed by atoms with Gasteiger partial charge >= 0.3 is 5.97 Å². The largest absolute Gasteiger partial charge is 0.478 e. The van der Waals surface area contributed by atoms with Gasteiger partial charge in [-0.1, -0.05) is 13.8 Å². The number of benzene rings is 1. The lowest BCUT2D eigenvalue weighted by molar-refractivity contribution is 0.0697. The normalized spacial score (nSPS) is 9.60. The van der Waals surface area contributed by atoms with E-state index in [4.69, 9.17) is 10.9 Å². The minimum absolute atomic E-state index is 0.